The Morgan fingerprint density at radius 2 is 1.85 bits per heavy atom. The van der Waals surface area contributed by atoms with E-state index in [2.05, 4.69) is 15.4 Å². The molecule has 0 radical (unpaired) electrons. The molecule has 1 aliphatic heterocycles. The molecule has 1 fully saturated rings. The number of fused-ring (bicyclic) bond motifs is 1. The van der Waals surface area contributed by atoms with Crippen LogP contribution in [0.3, 0.4) is 0 Å². The second-order valence-corrected chi connectivity index (χ2v) is 6.42. The van der Waals surface area contributed by atoms with Gasteiger partial charge in [-0.25, -0.2) is 9.50 Å². The largest absolute Gasteiger partial charge is 0.418 e. The Morgan fingerprint density at radius 3 is 2.58 bits per heavy atom. The maximum atomic E-state index is 13.7. The Hall–Kier alpha value is -2.32. The highest BCUT2D eigenvalue weighted by Crippen LogP contribution is 2.39. The highest BCUT2D eigenvalue weighted by Gasteiger charge is 2.35. The van der Waals surface area contributed by atoms with Crippen molar-refractivity contribution in [3.63, 3.8) is 0 Å². The van der Waals surface area contributed by atoms with E-state index in [1.54, 1.807) is 23.1 Å². The first kappa shape index (κ1) is 17.1. The molecular weight excluding hydrogens is 367 g/mol. The van der Waals surface area contributed by atoms with Crippen LogP contribution in [0.1, 0.15) is 5.56 Å². The van der Waals surface area contributed by atoms with Gasteiger partial charge in [-0.05, 0) is 24.3 Å². The summed E-state index contributed by atoms with van der Waals surface area (Å²) in [6.07, 6.45) is -2.96. The molecule has 0 atom stereocenters. The van der Waals surface area contributed by atoms with Crippen LogP contribution in [0.15, 0.2) is 36.5 Å². The van der Waals surface area contributed by atoms with Gasteiger partial charge < -0.3 is 10.2 Å². The van der Waals surface area contributed by atoms with Crippen molar-refractivity contribution in [2.75, 3.05) is 31.1 Å². The lowest BCUT2D eigenvalue weighted by atomic mass is 10.0. The molecule has 2 aromatic heterocycles. The zero-order chi connectivity index (χ0) is 18.3. The van der Waals surface area contributed by atoms with E-state index < -0.39 is 11.7 Å². The van der Waals surface area contributed by atoms with Gasteiger partial charge >= 0.3 is 6.18 Å². The van der Waals surface area contributed by atoms with E-state index in [-0.39, 0.29) is 10.8 Å². The number of nitrogens with one attached hydrogen (secondary N) is 1. The number of nitrogens with zero attached hydrogens (tertiary/aromatic N) is 4. The van der Waals surface area contributed by atoms with Gasteiger partial charge in [-0.15, -0.1) is 0 Å². The standard InChI is InChI=1S/C17H15ClF3N5/c18-15-3-4-16-23-10-14(26(16)24-15)11-1-2-13(12(9-11)17(19,20)21)25-7-5-22-6-8-25/h1-4,9-10,22H,5-8H2. The van der Waals surface area contributed by atoms with Crippen molar-refractivity contribution < 1.29 is 13.2 Å². The molecule has 0 unspecified atom stereocenters. The lowest BCUT2D eigenvalue weighted by Gasteiger charge is -2.31. The number of aromatic nitrogens is 3. The van der Waals surface area contributed by atoms with E-state index in [0.717, 1.165) is 6.07 Å². The molecule has 3 heterocycles. The minimum absolute atomic E-state index is 0.197. The number of halogens is 4. The van der Waals surface area contributed by atoms with Gasteiger partial charge in [-0.2, -0.15) is 18.3 Å². The summed E-state index contributed by atoms with van der Waals surface area (Å²) in [5.74, 6) is 0. The van der Waals surface area contributed by atoms with E-state index in [9.17, 15) is 13.2 Å². The zero-order valence-corrected chi connectivity index (χ0v) is 14.3. The Morgan fingerprint density at radius 1 is 1.08 bits per heavy atom. The highest BCUT2D eigenvalue weighted by atomic mass is 35.5. The first-order valence-electron chi connectivity index (χ1n) is 8.11. The molecule has 1 aliphatic rings. The summed E-state index contributed by atoms with van der Waals surface area (Å²) in [5.41, 5.74) is 0.902. The minimum atomic E-state index is -4.46. The van der Waals surface area contributed by atoms with Crippen LogP contribution < -0.4 is 10.2 Å². The van der Waals surface area contributed by atoms with E-state index in [1.807, 2.05) is 0 Å². The fourth-order valence-corrected chi connectivity index (χ4v) is 3.29. The topological polar surface area (TPSA) is 45.5 Å². The number of benzene rings is 1. The monoisotopic (exact) mass is 381 g/mol. The van der Waals surface area contributed by atoms with Crippen LogP contribution in [0.25, 0.3) is 16.9 Å². The summed E-state index contributed by atoms with van der Waals surface area (Å²) < 4.78 is 42.6. The van der Waals surface area contributed by atoms with Crippen LogP contribution in [-0.4, -0.2) is 40.8 Å². The normalized spacial score (nSPS) is 15.6. The number of anilines is 1. The molecule has 9 heteroatoms. The van der Waals surface area contributed by atoms with Gasteiger partial charge in [-0.3, -0.25) is 0 Å². The summed E-state index contributed by atoms with van der Waals surface area (Å²) in [5, 5.41) is 7.52. The molecule has 0 saturated carbocycles. The fraction of sp³-hybridized carbons (Fsp3) is 0.294. The van der Waals surface area contributed by atoms with Crippen molar-refractivity contribution >= 4 is 22.9 Å². The Bertz CT molecular complexity index is 947. The second kappa shape index (κ2) is 6.44. The average Bonchev–Trinajstić information content (AvgIpc) is 3.04. The van der Waals surface area contributed by atoms with E-state index in [0.29, 0.717) is 43.1 Å². The van der Waals surface area contributed by atoms with Crippen LogP contribution >= 0.6 is 11.6 Å². The summed E-state index contributed by atoms with van der Waals surface area (Å²) in [6.45, 7) is 2.40. The van der Waals surface area contributed by atoms with Crippen LogP contribution in [0, 0.1) is 0 Å². The molecule has 136 valence electrons. The maximum absolute atomic E-state index is 13.7. The number of piperazine rings is 1. The summed E-state index contributed by atoms with van der Waals surface area (Å²) >= 11 is 5.91. The minimum Gasteiger partial charge on any atom is -0.368 e. The molecule has 1 N–H and O–H groups in total. The summed E-state index contributed by atoms with van der Waals surface area (Å²) in [7, 11) is 0. The Kier molecular flexibility index (Phi) is 4.24. The number of hydrogen-bond acceptors (Lipinski definition) is 4. The third-order valence-electron chi connectivity index (χ3n) is 4.39. The zero-order valence-electron chi connectivity index (χ0n) is 13.6. The molecule has 4 rings (SSSR count). The first-order chi connectivity index (χ1) is 12.4. The number of hydrogen-bond donors (Lipinski definition) is 1. The molecule has 0 amide bonds. The van der Waals surface area contributed by atoms with E-state index in [4.69, 9.17) is 11.6 Å². The molecule has 5 nitrogen and oxygen atoms in total. The van der Waals surface area contributed by atoms with Crippen molar-refractivity contribution in [2.24, 2.45) is 0 Å². The molecule has 3 aromatic rings. The van der Waals surface area contributed by atoms with E-state index >= 15 is 0 Å². The smallest absolute Gasteiger partial charge is 0.368 e. The van der Waals surface area contributed by atoms with Crippen LogP contribution in [0.2, 0.25) is 5.15 Å². The first-order valence-corrected chi connectivity index (χ1v) is 8.49. The van der Waals surface area contributed by atoms with Crippen LogP contribution in [0.5, 0.6) is 0 Å². The van der Waals surface area contributed by atoms with Crippen molar-refractivity contribution in [3.05, 3.63) is 47.2 Å². The molecule has 26 heavy (non-hydrogen) atoms. The van der Waals surface area contributed by atoms with Gasteiger partial charge in [0, 0.05) is 37.4 Å². The summed E-state index contributed by atoms with van der Waals surface area (Å²) in [6, 6.07) is 7.59. The van der Waals surface area contributed by atoms with Gasteiger partial charge in [0.25, 0.3) is 0 Å². The fourth-order valence-electron chi connectivity index (χ4n) is 3.15. The predicted octanol–water partition coefficient (Wildman–Crippen LogP) is 3.48. The molecule has 1 saturated heterocycles. The molecule has 1 aromatic carbocycles. The van der Waals surface area contributed by atoms with Crippen LogP contribution in [-0.2, 0) is 6.18 Å². The number of rotatable bonds is 2. The number of alkyl halides is 3. The predicted molar refractivity (Wildman–Crippen MR) is 93.5 cm³/mol. The molecular formula is C17H15ClF3N5. The van der Waals surface area contributed by atoms with Gasteiger partial charge in [0.2, 0.25) is 0 Å². The Labute approximate surface area is 152 Å². The van der Waals surface area contributed by atoms with Crippen LogP contribution in [0.4, 0.5) is 18.9 Å². The van der Waals surface area contributed by atoms with Crippen molar-refractivity contribution in [1.29, 1.82) is 0 Å². The lowest BCUT2D eigenvalue weighted by Crippen LogP contribution is -2.44. The Balaban J connectivity index is 1.83. The average molecular weight is 382 g/mol. The second-order valence-electron chi connectivity index (χ2n) is 6.04. The third-order valence-corrected chi connectivity index (χ3v) is 4.59. The highest BCUT2D eigenvalue weighted by molar-refractivity contribution is 6.29. The maximum Gasteiger partial charge on any atom is 0.418 e. The quantitative estimate of drug-likeness (QED) is 0.738. The van der Waals surface area contributed by atoms with Gasteiger partial charge in [0.05, 0.1) is 17.5 Å². The molecule has 0 bridgehead atoms. The number of imidazole rings is 1. The third kappa shape index (κ3) is 3.10. The SMILES string of the molecule is FC(F)(F)c1cc(-c2cnc3ccc(Cl)nn23)ccc1N1CCNCC1. The molecule has 0 spiro atoms. The van der Waals surface area contributed by atoms with E-state index in [1.165, 1.54) is 16.8 Å². The van der Waals surface area contributed by atoms with Crippen molar-refractivity contribution in [2.45, 2.75) is 6.18 Å². The lowest BCUT2D eigenvalue weighted by molar-refractivity contribution is -0.137. The summed E-state index contributed by atoms with van der Waals surface area (Å²) in [4.78, 5) is 5.94. The van der Waals surface area contributed by atoms with Gasteiger partial charge in [0.15, 0.2) is 5.65 Å². The van der Waals surface area contributed by atoms with Crippen molar-refractivity contribution in [3.8, 4) is 11.3 Å². The van der Waals surface area contributed by atoms with Gasteiger partial charge in [-0.1, -0.05) is 17.7 Å². The molecule has 0 aliphatic carbocycles. The van der Waals surface area contributed by atoms with Gasteiger partial charge in [0.1, 0.15) is 5.15 Å². The van der Waals surface area contributed by atoms with Crippen molar-refractivity contribution in [1.82, 2.24) is 19.9 Å².